The summed E-state index contributed by atoms with van der Waals surface area (Å²) in [6.45, 7) is 3.13. The van der Waals surface area contributed by atoms with Crippen LogP contribution in [0.2, 0.25) is 0 Å². The first-order valence-corrected chi connectivity index (χ1v) is 6.86. The van der Waals surface area contributed by atoms with E-state index in [9.17, 15) is 24.6 Å². The summed E-state index contributed by atoms with van der Waals surface area (Å²) in [6.07, 6.45) is 0. The standard InChI is InChI=1S/C16H12N2O6/c1-5-3-4-7(15(20)21)10-13(5)24-14-6(2)12(19)9(17)8(16(22)23)11(14)18-10/h3-4H,17H2,1-2H3,(H,20,21)(H,22,23). The molecule has 1 aliphatic carbocycles. The van der Waals surface area contributed by atoms with Gasteiger partial charge in [-0.2, -0.15) is 0 Å². The van der Waals surface area contributed by atoms with Crippen LogP contribution in [0.15, 0.2) is 21.3 Å². The third-order valence-electron chi connectivity index (χ3n) is 3.85. The second kappa shape index (κ2) is 5.05. The topological polar surface area (TPSA) is 144 Å². The van der Waals surface area contributed by atoms with Crippen molar-refractivity contribution in [3.63, 3.8) is 0 Å². The van der Waals surface area contributed by atoms with E-state index in [1.165, 1.54) is 13.0 Å². The third-order valence-corrected chi connectivity index (χ3v) is 3.85. The minimum Gasteiger partial charge on any atom is -0.478 e. The van der Waals surface area contributed by atoms with E-state index in [1.54, 1.807) is 13.0 Å². The number of nitrogens with zero attached hydrogens (tertiary/aromatic N) is 1. The van der Waals surface area contributed by atoms with Gasteiger partial charge in [-0.25, -0.2) is 14.6 Å². The monoisotopic (exact) mass is 328 g/mol. The van der Waals surface area contributed by atoms with Gasteiger partial charge < -0.3 is 20.4 Å². The van der Waals surface area contributed by atoms with E-state index in [0.29, 0.717) is 5.56 Å². The molecule has 122 valence electrons. The molecule has 1 aromatic rings. The number of nitrogen functional groups attached to an aromatic ring is 1. The molecule has 24 heavy (non-hydrogen) atoms. The number of carboxylic acids is 2. The Balaban J connectivity index is 2.64. The van der Waals surface area contributed by atoms with Gasteiger partial charge in [0.2, 0.25) is 5.43 Å². The number of rotatable bonds is 2. The first kappa shape index (κ1) is 15.5. The number of hydrogen-bond acceptors (Lipinski definition) is 6. The highest BCUT2D eigenvalue weighted by Crippen LogP contribution is 2.34. The summed E-state index contributed by atoms with van der Waals surface area (Å²) in [5.41, 5.74) is 4.61. The molecule has 8 heteroatoms. The van der Waals surface area contributed by atoms with Crippen molar-refractivity contribution in [2.75, 3.05) is 5.73 Å². The highest BCUT2D eigenvalue weighted by molar-refractivity contribution is 6.04. The quantitative estimate of drug-likeness (QED) is 0.478. The van der Waals surface area contributed by atoms with Crippen LogP contribution in [0.5, 0.6) is 0 Å². The van der Waals surface area contributed by atoms with Crippen LogP contribution in [0.25, 0.3) is 22.6 Å². The first-order valence-electron chi connectivity index (χ1n) is 6.86. The molecule has 1 aromatic carbocycles. The van der Waals surface area contributed by atoms with E-state index >= 15 is 0 Å². The Kier molecular flexibility index (Phi) is 3.26. The molecule has 3 rings (SSSR count). The van der Waals surface area contributed by atoms with Gasteiger partial charge in [0.25, 0.3) is 0 Å². The lowest BCUT2D eigenvalue weighted by Gasteiger charge is -2.14. The summed E-state index contributed by atoms with van der Waals surface area (Å²) >= 11 is 0. The minimum atomic E-state index is -1.44. The maximum atomic E-state index is 12.1. The molecule has 2 aliphatic rings. The van der Waals surface area contributed by atoms with Gasteiger partial charge in [-0.1, -0.05) is 6.07 Å². The molecule has 0 aromatic heterocycles. The predicted octanol–water partition coefficient (Wildman–Crippen LogP) is 1.89. The molecule has 4 N–H and O–H groups in total. The largest absolute Gasteiger partial charge is 0.478 e. The highest BCUT2D eigenvalue weighted by Gasteiger charge is 2.28. The smallest absolute Gasteiger partial charge is 0.340 e. The van der Waals surface area contributed by atoms with Crippen molar-refractivity contribution >= 4 is 28.7 Å². The Morgan fingerprint density at radius 2 is 1.83 bits per heavy atom. The van der Waals surface area contributed by atoms with Gasteiger partial charge in [-0.15, -0.1) is 0 Å². The van der Waals surface area contributed by atoms with E-state index in [0.717, 1.165) is 0 Å². The third kappa shape index (κ3) is 2.00. The fourth-order valence-corrected chi connectivity index (χ4v) is 2.58. The number of nitrogens with two attached hydrogens (primary N) is 1. The van der Waals surface area contributed by atoms with Gasteiger partial charge in [0.1, 0.15) is 16.8 Å². The highest BCUT2D eigenvalue weighted by atomic mass is 16.4. The van der Waals surface area contributed by atoms with Crippen LogP contribution >= 0.6 is 0 Å². The van der Waals surface area contributed by atoms with Crippen LogP contribution in [0, 0.1) is 13.8 Å². The Morgan fingerprint density at radius 3 is 2.42 bits per heavy atom. The van der Waals surface area contributed by atoms with E-state index in [-0.39, 0.29) is 33.7 Å². The minimum absolute atomic E-state index is 0.00468. The van der Waals surface area contributed by atoms with Crippen molar-refractivity contribution in [1.29, 1.82) is 0 Å². The predicted molar refractivity (Wildman–Crippen MR) is 84.7 cm³/mol. The summed E-state index contributed by atoms with van der Waals surface area (Å²) in [4.78, 5) is 39.2. The molecule has 0 unspecified atom stereocenters. The number of fused-ring (bicyclic) bond motifs is 2. The zero-order chi connectivity index (χ0) is 17.8. The molecule has 1 aliphatic heterocycles. The molecule has 0 saturated carbocycles. The lowest BCUT2D eigenvalue weighted by Crippen LogP contribution is -2.20. The van der Waals surface area contributed by atoms with E-state index < -0.39 is 28.6 Å². The molecule has 0 atom stereocenters. The Labute approximate surface area is 134 Å². The van der Waals surface area contributed by atoms with E-state index in [4.69, 9.17) is 10.2 Å². The van der Waals surface area contributed by atoms with E-state index in [2.05, 4.69) is 4.98 Å². The van der Waals surface area contributed by atoms with Gasteiger partial charge in [-0.3, -0.25) is 4.79 Å². The molecule has 1 heterocycles. The second-order valence-electron chi connectivity index (χ2n) is 5.35. The molecule has 0 spiro atoms. The van der Waals surface area contributed by atoms with Crippen molar-refractivity contribution < 1.29 is 24.2 Å². The van der Waals surface area contributed by atoms with Gasteiger partial charge in [0.15, 0.2) is 11.3 Å². The normalized spacial score (nSPS) is 11.1. The van der Waals surface area contributed by atoms with Gasteiger partial charge in [0.05, 0.1) is 11.3 Å². The zero-order valence-corrected chi connectivity index (χ0v) is 12.7. The van der Waals surface area contributed by atoms with Crippen molar-refractivity contribution in [3.05, 3.63) is 44.6 Å². The summed E-state index contributed by atoms with van der Waals surface area (Å²) < 4.78 is 5.68. The number of carbonyl (C=O) groups is 2. The van der Waals surface area contributed by atoms with Crippen LogP contribution in [0.1, 0.15) is 31.8 Å². The van der Waals surface area contributed by atoms with Crippen molar-refractivity contribution in [1.82, 2.24) is 4.98 Å². The Hall–Kier alpha value is -3.42. The van der Waals surface area contributed by atoms with Crippen LogP contribution < -0.4 is 11.2 Å². The van der Waals surface area contributed by atoms with Gasteiger partial charge >= 0.3 is 11.9 Å². The summed E-state index contributed by atoms with van der Waals surface area (Å²) in [6, 6.07) is 2.90. The Morgan fingerprint density at radius 1 is 1.17 bits per heavy atom. The van der Waals surface area contributed by atoms with Crippen molar-refractivity contribution in [3.8, 4) is 11.5 Å². The number of aromatic nitrogens is 1. The molecule has 8 nitrogen and oxygen atoms in total. The van der Waals surface area contributed by atoms with Crippen LogP contribution in [0.3, 0.4) is 0 Å². The lowest BCUT2D eigenvalue weighted by molar-refractivity contribution is 0.0688. The number of aromatic carboxylic acids is 2. The first-order chi connectivity index (χ1) is 11.2. The number of carboxylic acid groups (broad SMARTS) is 2. The van der Waals surface area contributed by atoms with Crippen molar-refractivity contribution in [2.24, 2.45) is 0 Å². The Bertz CT molecular complexity index is 1070. The maximum Gasteiger partial charge on any atom is 0.340 e. The van der Waals surface area contributed by atoms with Crippen LogP contribution in [0.4, 0.5) is 5.69 Å². The van der Waals surface area contributed by atoms with Crippen LogP contribution in [-0.4, -0.2) is 27.1 Å². The van der Waals surface area contributed by atoms with Crippen molar-refractivity contribution in [2.45, 2.75) is 13.8 Å². The molecule has 0 amide bonds. The lowest BCUT2D eigenvalue weighted by atomic mass is 10.0. The average Bonchev–Trinajstić information content (AvgIpc) is 2.51. The average molecular weight is 328 g/mol. The fraction of sp³-hybridized carbons (Fsp3) is 0.125. The zero-order valence-electron chi connectivity index (χ0n) is 12.7. The number of aryl methyl sites for hydroxylation is 1. The molecule has 0 bridgehead atoms. The molecule has 0 fully saturated rings. The summed E-state index contributed by atoms with van der Waals surface area (Å²) in [5, 5.41) is 18.7. The number of hydrogen-bond donors (Lipinski definition) is 3. The molecular formula is C16H12N2O6. The summed E-state index contributed by atoms with van der Waals surface area (Å²) in [7, 11) is 0. The SMILES string of the molecule is Cc1c2oc3c(C)ccc(C(=O)O)c3nc-2c(C(=O)O)c(N)c1=O. The van der Waals surface area contributed by atoms with Gasteiger partial charge in [0, 0.05) is 5.56 Å². The van der Waals surface area contributed by atoms with Gasteiger partial charge in [-0.05, 0) is 25.5 Å². The van der Waals surface area contributed by atoms with Crippen LogP contribution in [-0.2, 0) is 0 Å². The molecular weight excluding hydrogens is 316 g/mol. The molecule has 0 saturated heterocycles. The fourth-order valence-electron chi connectivity index (χ4n) is 2.58. The number of anilines is 1. The van der Waals surface area contributed by atoms with E-state index in [1.807, 2.05) is 0 Å². The summed E-state index contributed by atoms with van der Waals surface area (Å²) in [5.74, 6) is -2.70. The number of benzene rings is 2. The molecule has 0 radical (unpaired) electrons. The maximum absolute atomic E-state index is 12.1. The second-order valence-corrected chi connectivity index (χ2v) is 5.35.